The van der Waals surface area contributed by atoms with Crippen LogP contribution in [0.15, 0.2) is 41.7 Å². The molecule has 0 spiro atoms. The van der Waals surface area contributed by atoms with Gasteiger partial charge in [0.15, 0.2) is 0 Å². The second-order valence-electron chi connectivity index (χ2n) is 15.3. The number of rotatable bonds is 13. The number of nitrogens with one attached hydrogen (secondary N) is 5. The van der Waals surface area contributed by atoms with E-state index in [1.165, 1.54) is 18.9 Å². The van der Waals surface area contributed by atoms with E-state index in [0.29, 0.717) is 19.3 Å². The lowest BCUT2D eigenvalue weighted by atomic mass is 9.83. The molecule has 316 valence electrons. The van der Waals surface area contributed by atoms with Gasteiger partial charge in [-0.2, -0.15) is 0 Å². The molecule has 16 heteroatoms. The number of nitrogens with zero attached hydrogens (tertiary/aromatic N) is 1. The first-order valence-electron chi connectivity index (χ1n) is 20.3. The van der Waals surface area contributed by atoms with E-state index in [9.17, 15) is 33.6 Å². The molecule has 4 atom stereocenters. The molecular formula is C41H63N7O9. The van der Waals surface area contributed by atoms with Crippen molar-refractivity contribution < 1.29 is 43.0 Å². The number of allylic oxidation sites excluding steroid dienone is 1. The Morgan fingerprint density at radius 1 is 0.912 bits per heavy atom. The lowest BCUT2D eigenvalue weighted by Crippen LogP contribution is -2.62. The highest BCUT2D eigenvalue weighted by molar-refractivity contribution is 5.99. The maximum Gasteiger partial charge on any atom is 0.407 e. The topological polar surface area (TPSA) is 227 Å². The van der Waals surface area contributed by atoms with Crippen molar-refractivity contribution >= 4 is 41.6 Å². The number of hydrogen-bond acceptors (Lipinski definition) is 10. The summed E-state index contributed by atoms with van der Waals surface area (Å²) < 4.78 is 11.0. The van der Waals surface area contributed by atoms with Gasteiger partial charge in [0.05, 0.1) is 12.1 Å². The fourth-order valence-corrected chi connectivity index (χ4v) is 6.94. The third-order valence-electron chi connectivity index (χ3n) is 10.3. The van der Waals surface area contributed by atoms with Gasteiger partial charge in [0, 0.05) is 20.0 Å². The average Bonchev–Trinajstić information content (AvgIpc) is 3.21. The van der Waals surface area contributed by atoms with Crippen molar-refractivity contribution in [1.29, 1.82) is 0 Å². The van der Waals surface area contributed by atoms with E-state index in [1.54, 1.807) is 24.3 Å². The molecular weight excluding hydrogens is 734 g/mol. The Morgan fingerprint density at radius 3 is 2.25 bits per heavy atom. The number of carbonyl (C=O) groups is 7. The summed E-state index contributed by atoms with van der Waals surface area (Å²) in [5, 5.41) is 13.1. The molecule has 16 nitrogen and oxygen atoms in total. The molecule has 1 fully saturated rings. The van der Waals surface area contributed by atoms with Gasteiger partial charge in [-0.25, -0.2) is 9.59 Å². The third-order valence-corrected chi connectivity index (χ3v) is 10.3. The molecule has 1 saturated carbocycles. The van der Waals surface area contributed by atoms with Gasteiger partial charge in [0.2, 0.25) is 23.6 Å². The first kappa shape index (κ1) is 46.4. The average molecular weight is 798 g/mol. The summed E-state index contributed by atoms with van der Waals surface area (Å²) in [6.07, 6.45) is 6.93. The number of ether oxygens (including phenoxy) is 2. The minimum absolute atomic E-state index is 0.0323. The van der Waals surface area contributed by atoms with Crippen molar-refractivity contribution in [2.45, 2.75) is 129 Å². The molecule has 0 bridgehead atoms. The van der Waals surface area contributed by atoms with Crippen molar-refractivity contribution in [2.24, 2.45) is 17.6 Å². The van der Waals surface area contributed by atoms with Gasteiger partial charge in [0.1, 0.15) is 43.1 Å². The van der Waals surface area contributed by atoms with Crippen LogP contribution in [-0.4, -0.2) is 97.3 Å². The first-order valence-corrected chi connectivity index (χ1v) is 20.3. The highest BCUT2D eigenvalue weighted by atomic mass is 16.5. The van der Waals surface area contributed by atoms with E-state index in [-0.39, 0.29) is 49.2 Å². The van der Waals surface area contributed by atoms with Crippen molar-refractivity contribution in [3.05, 3.63) is 47.2 Å². The first-order chi connectivity index (χ1) is 27.2. The molecule has 0 radical (unpaired) electrons. The fraction of sp³-hybridized carbons (Fsp3) is 0.634. The summed E-state index contributed by atoms with van der Waals surface area (Å²) in [5.74, 6) is -4.46. The Kier molecular flexibility index (Phi) is 19.5. The third kappa shape index (κ3) is 15.1. The van der Waals surface area contributed by atoms with Gasteiger partial charge >= 0.3 is 12.1 Å². The van der Waals surface area contributed by atoms with Crippen LogP contribution in [0.4, 0.5) is 4.79 Å². The Hall–Kier alpha value is -4.99. The standard InChI is InChI=1S/C41H63N7O9/c1-6-7-8-15-20-33-27(4)40(54)48(5)32(21-26(2)3)38(52)47-35(29-18-13-10-14-19-29)39(53)46-31(23-44-41(55)56-25-28-16-11-9-12-17-28)37(51)45-30(22-42)36(50)43-24-34(49)57-33/h9,11-12,16-17,26,29-32,35H,6-8,10,13-15,18-25,42H2,1-5H3,(H,43,50)(H,44,55)(H,45,51)(H,46,53)(H,47,52)/b33-27-. The molecule has 57 heavy (non-hydrogen) atoms. The smallest absolute Gasteiger partial charge is 0.407 e. The zero-order chi connectivity index (χ0) is 41.9. The van der Waals surface area contributed by atoms with Crippen LogP contribution in [0.2, 0.25) is 0 Å². The number of benzene rings is 1. The molecule has 2 aliphatic rings. The van der Waals surface area contributed by atoms with Crippen LogP contribution >= 0.6 is 0 Å². The zero-order valence-corrected chi connectivity index (χ0v) is 34.2. The molecule has 3 rings (SSSR count). The monoisotopic (exact) mass is 797 g/mol. The largest absolute Gasteiger partial charge is 0.445 e. The minimum Gasteiger partial charge on any atom is -0.445 e. The van der Waals surface area contributed by atoms with Gasteiger partial charge in [-0.3, -0.25) is 24.0 Å². The second-order valence-corrected chi connectivity index (χ2v) is 15.3. The number of hydrogen-bond donors (Lipinski definition) is 6. The van der Waals surface area contributed by atoms with E-state index in [0.717, 1.165) is 44.1 Å². The highest BCUT2D eigenvalue weighted by Crippen LogP contribution is 2.28. The molecule has 0 aromatic heterocycles. The molecule has 1 aromatic rings. The van der Waals surface area contributed by atoms with Crippen LogP contribution in [-0.2, 0) is 44.8 Å². The van der Waals surface area contributed by atoms with Crippen LogP contribution in [0.3, 0.4) is 0 Å². The van der Waals surface area contributed by atoms with E-state index in [1.807, 2.05) is 19.9 Å². The number of esters is 1. The van der Waals surface area contributed by atoms with E-state index < -0.39 is 78.9 Å². The maximum atomic E-state index is 14.3. The summed E-state index contributed by atoms with van der Waals surface area (Å²) in [7, 11) is 1.50. The molecule has 4 unspecified atom stereocenters. The summed E-state index contributed by atoms with van der Waals surface area (Å²) in [6.45, 7) is 5.96. The number of unbranched alkanes of at least 4 members (excludes halogenated alkanes) is 3. The molecule has 1 aromatic carbocycles. The predicted molar refractivity (Wildman–Crippen MR) is 213 cm³/mol. The van der Waals surface area contributed by atoms with Crippen molar-refractivity contribution in [3.8, 4) is 0 Å². The molecule has 1 aliphatic carbocycles. The van der Waals surface area contributed by atoms with E-state index in [4.69, 9.17) is 15.2 Å². The van der Waals surface area contributed by atoms with E-state index >= 15 is 0 Å². The molecule has 7 N–H and O–H groups in total. The number of nitrogens with two attached hydrogens (primary N) is 1. The minimum atomic E-state index is -1.45. The number of alkyl carbamates (subject to hydrolysis) is 1. The molecule has 1 heterocycles. The number of cyclic esters (lactones) is 1. The van der Waals surface area contributed by atoms with Gasteiger partial charge in [0.25, 0.3) is 5.91 Å². The SMILES string of the molecule is CCCCCC/C1=C(\C)C(=O)N(C)C(CC(C)C)C(=O)NC(C2CCCCC2)C(=O)NC(CNC(=O)OCc2ccccc2)C(=O)NC(CN)C(=O)NCC(=O)O1. The number of amides is 6. The number of carbonyl (C=O) groups excluding carboxylic acids is 7. The predicted octanol–water partition coefficient (Wildman–Crippen LogP) is 2.70. The summed E-state index contributed by atoms with van der Waals surface area (Å²) in [4.78, 5) is 96.9. The Bertz CT molecular complexity index is 1560. The molecule has 1 aliphatic heterocycles. The van der Waals surface area contributed by atoms with E-state index in [2.05, 4.69) is 33.5 Å². The fourth-order valence-electron chi connectivity index (χ4n) is 6.94. The van der Waals surface area contributed by atoms with Gasteiger partial charge in [-0.15, -0.1) is 0 Å². The zero-order valence-electron chi connectivity index (χ0n) is 34.2. The lowest BCUT2D eigenvalue weighted by Gasteiger charge is -2.34. The lowest BCUT2D eigenvalue weighted by molar-refractivity contribution is -0.141. The maximum absolute atomic E-state index is 14.3. The quantitative estimate of drug-likeness (QED) is 0.126. The molecule has 6 amide bonds. The second kappa shape index (κ2) is 23.9. The van der Waals surface area contributed by atoms with Crippen LogP contribution in [0.5, 0.6) is 0 Å². The Morgan fingerprint density at radius 2 is 1.60 bits per heavy atom. The van der Waals surface area contributed by atoms with Crippen LogP contribution in [0, 0.1) is 11.8 Å². The summed E-state index contributed by atoms with van der Waals surface area (Å²) in [5.41, 5.74) is 6.75. The highest BCUT2D eigenvalue weighted by Gasteiger charge is 2.38. The van der Waals surface area contributed by atoms with Crippen molar-refractivity contribution in [3.63, 3.8) is 0 Å². The van der Waals surface area contributed by atoms with Crippen LogP contribution in [0.1, 0.15) is 104 Å². The summed E-state index contributed by atoms with van der Waals surface area (Å²) in [6, 6.07) is 4.06. The van der Waals surface area contributed by atoms with Crippen LogP contribution < -0.4 is 32.3 Å². The normalized spacial score (nSPS) is 23.9. The van der Waals surface area contributed by atoms with Gasteiger partial charge < -0.3 is 46.7 Å². The van der Waals surface area contributed by atoms with Gasteiger partial charge in [-0.1, -0.05) is 89.6 Å². The summed E-state index contributed by atoms with van der Waals surface area (Å²) >= 11 is 0. The Labute approximate surface area is 336 Å². The number of likely N-dealkylation sites (N-methyl/N-ethyl adjacent to an activating group) is 1. The van der Waals surface area contributed by atoms with Crippen molar-refractivity contribution in [1.82, 2.24) is 31.5 Å². The van der Waals surface area contributed by atoms with Crippen LogP contribution in [0.25, 0.3) is 0 Å². The van der Waals surface area contributed by atoms with Crippen molar-refractivity contribution in [2.75, 3.05) is 26.7 Å². The van der Waals surface area contributed by atoms with Gasteiger partial charge in [-0.05, 0) is 50.0 Å². The Balaban J connectivity index is 2.02. The molecule has 0 saturated heterocycles.